The highest BCUT2D eigenvalue weighted by Crippen LogP contribution is 2.51. The number of pyridine rings is 1. The Morgan fingerprint density at radius 1 is 1.23 bits per heavy atom. The van der Waals surface area contributed by atoms with Crippen molar-refractivity contribution < 1.29 is 23.4 Å². The summed E-state index contributed by atoms with van der Waals surface area (Å²) in [5.41, 5.74) is -0.325. The van der Waals surface area contributed by atoms with Crippen LogP contribution in [0.15, 0.2) is 6.20 Å². The first-order valence-electron chi connectivity index (χ1n) is 14.3. The smallest absolute Gasteiger partial charge is 0.410 e. The van der Waals surface area contributed by atoms with Gasteiger partial charge in [-0.2, -0.15) is 9.97 Å². The van der Waals surface area contributed by atoms with Gasteiger partial charge in [0, 0.05) is 31.2 Å². The van der Waals surface area contributed by atoms with Crippen LogP contribution in [0.25, 0.3) is 10.9 Å². The van der Waals surface area contributed by atoms with Crippen molar-refractivity contribution in [3.63, 3.8) is 0 Å². The maximum atomic E-state index is 15.3. The van der Waals surface area contributed by atoms with Crippen LogP contribution in [0.1, 0.15) is 52.9 Å². The molecule has 12 heteroatoms. The quantitative estimate of drug-likeness (QED) is 0.502. The number of carbonyl (C=O) groups is 1. The number of piperazine rings is 1. The molecule has 3 unspecified atom stereocenters. The zero-order chi connectivity index (χ0) is 27.9. The lowest BCUT2D eigenvalue weighted by molar-refractivity contribution is -0.107. The summed E-state index contributed by atoms with van der Waals surface area (Å²) >= 11 is 6.07. The van der Waals surface area contributed by atoms with Gasteiger partial charge in [-0.15, -0.1) is 0 Å². The maximum absolute atomic E-state index is 15.3. The number of rotatable bonds is 4. The Kier molecular flexibility index (Phi) is 6.11. The van der Waals surface area contributed by atoms with E-state index in [4.69, 9.17) is 30.8 Å². The van der Waals surface area contributed by atoms with Crippen LogP contribution in [0.5, 0.6) is 6.01 Å². The number of hydrogen-bond acceptors (Lipinski definition) is 9. The molecule has 5 saturated heterocycles. The minimum atomic E-state index is -0.685. The molecule has 1 amide bonds. The fourth-order valence-corrected chi connectivity index (χ4v) is 7.73. The van der Waals surface area contributed by atoms with E-state index in [1.54, 1.807) is 0 Å². The molecule has 5 aliphatic rings. The average Bonchev–Trinajstić information content (AvgIpc) is 3.50. The van der Waals surface area contributed by atoms with E-state index in [9.17, 15) is 4.79 Å². The standard InChI is InChI=1S/C28H36ClFN6O4/c1-26(2,3)40-25(37)36-17-5-6-18(36)11-34(10-17)23-19-9-31-22(29)20(30)21(19)32-24(33-23)39-16-28-7-4-8-35(28)13-27(12-28)14-38-15-27/h9,17-18H,4-8,10-16H2,1-3H3. The monoisotopic (exact) mass is 574 g/mol. The van der Waals surface area contributed by atoms with Crippen LogP contribution in [0.2, 0.25) is 5.15 Å². The molecule has 0 radical (unpaired) electrons. The molecule has 1 spiro atoms. The third kappa shape index (κ3) is 4.36. The van der Waals surface area contributed by atoms with Crippen LogP contribution >= 0.6 is 11.6 Å². The van der Waals surface area contributed by atoms with E-state index < -0.39 is 11.4 Å². The molecule has 0 saturated carbocycles. The van der Waals surface area contributed by atoms with Crippen molar-refractivity contribution in [2.75, 3.05) is 50.9 Å². The highest BCUT2D eigenvalue weighted by Gasteiger charge is 2.58. The van der Waals surface area contributed by atoms with E-state index in [2.05, 4.69) is 19.8 Å². The molecule has 0 aliphatic carbocycles. The number of halogens is 2. The normalized spacial score (nSPS) is 29.2. The first-order valence-corrected chi connectivity index (χ1v) is 14.7. The van der Waals surface area contributed by atoms with Crippen LogP contribution in [0.4, 0.5) is 15.0 Å². The van der Waals surface area contributed by atoms with Gasteiger partial charge in [-0.1, -0.05) is 11.6 Å². The summed E-state index contributed by atoms with van der Waals surface area (Å²) < 4.78 is 32.9. The van der Waals surface area contributed by atoms with E-state index in [0.29, 0.717) is 30.9 Å². The number of fused-ring (bicyclic) bond motifs is 4. The Bertz CT molecular complexity index is 1340. The SMILES string of the molecule is CC(C)(C)OC(=O)N1C2CCC1CN(c1nc(OCC34CCCN3CC3(COC3)C4)nc3c(F)c(Cl)ncc13)C2. The van der Waals surface area contributed by atoms with Crippen molar-refractivity contribution in [2.45, 2.75) is 76.1 Å². The predicted molar refractivity (Wildman–Crippen MR) is 146 cm³/mol. The van der Waals surface area contributed by atoms with Gasteiger partial charge in [0.25, 0.3) is 0 Å². The maximum Gasteiger partial charge on any atom is 0.410 e. The van der Waals surface area contributed by atoms with Gasteiger partial charge in [0.2, 0.25) is 0 Å². The topological polar surface area (TPSA) is 93.2 Å². The van der Waals surface area contributed by atoms with Crippen molar-refractivity contribution in [3.05, 3.63) is 17.2 Å². The molecule has 7 rings (SSSR count). The van der Waals surface area contributed by atoms with Crippen LogP contribution in [0.3, 0.4) is 0 Å². The third-order valence-electron chi connectivity index (χ3n) is 9.24. The van der Waals surface area contributed by atoms with Crippen molar-refractivity contribution >= 4 is 34.4 Å². The number of ether oxygens (including phenoxy) is 3. The molecular weight excluding hydrogens is 539 g/mol. The van der Waals surface area contributed by atoms with Crippen LogP contribution in [-0.4, -0.2) is 100 Å². The fraction of sp³-hybridized carbons (Fsp3) is 0.714. The highest BCUT2D eigenvalue weighted by molar-refractivity contribution is 6.30. The van der Waals surface area contributed by atoms with Gasteiger partial charge in [-0.3, -0.25) is 9.80 Å². The minimum Gasteiger partial charge on any atom is -0.461 e. The summed E-state index contributed by atoms with van der Waals surface area (Å²) in [6.45, 7) is 10.8. The van der Waals surface area contributed by atoms with Crippen LogP contribution < -0.4 is 9.64 Å². The molecule has 0 N–H and O–H groups in total. The zero-order valence-corrected chi connectivity index (χ0v) is 24.0. The van der Waals surface area contributed by atoms with Crippen molar-refractivity contribution in [2.24, 2.45) is 5.41 Å². The molecule has 40 heavy (non-hydrogen) atoms. The zero-order valence-electron chi connectivity index (χ0n) is 23.3. The summed E-state index contributed by atoms with van der Waals surface area (Å²) in [4.78, 5) is 32.9. The Morgan fingerprint density at radius 3 is 2.65 bits per heavy atom. The first-order chi connectivity index (χ1) is 19.0. The van der Waals surface area contributed by atoms with Crippen LogP contribution in [0, 0.1) is 11.2 Å². The number of nitrogens with zero attached hydrogens (tertiary/aromatic N) is 6. The second-order valence-corrected chi connectivity index (χ2v) is 13.7. The Hall–Kier alpha value is -2.50. The van der Waals surface area contributed by atoms with Gasteiger partial charge in [0.15, 0.2) is 11.0 Å². The van der Waals surface area contributed by atoms with Crippen LogP contribution in [-0.2, 0) is 9.47 Å². The molecule has 216 valence electrons. The van der Waals surface area contributed by atoms with Crippen molar-refractivity contribution in [3.8, 4) is 6.01 Å². The molecule has 7 heterocycles. The van der Waals surface area contributed by atoms with Gasteiger partial charge in [0.05, 0.1) is 36.2 Å². The van der Waals surface area contributed by atoms with Gasteiger partial charge in [-0.25, -0.2) is 14.2 Å². The lowest BCUT2D eigenvalue weighted by atomic mass is 9.78. The van der Waals surface area contributed by atoms with Crippen molar-refractivity contribution in [1.29, 1.82) is 0 Å². The summed E-state index contributed by atoms with van der Waals surface area (Å²) in [6.07, 6.45) is 6.18. The summed E-state index contributed by atoms with van der Waals surface area (Å²) in [5, 5.41) is 0.243. The van der Waals surface area contributed by atoms with E-state index >= 15 is 4.39 Å². The molecule has 10 nitrogen and oxygen atoms in total. The minimum absolute atomic E-state index is 0.0293. The molecular formula is C28H36ClFN6O4. The van der Waals surface area contributed by atoms with E-state index in [1.165, 1.54) is 6.20 Å². The largest absolute Gasteiger partial charge is 0.461 e. The van der Waals surface area contributed by atoms with Crippen molar-refractivity contribution in [1.82, 2.24) is 24.8 Å². The number of carbonyl (C=O) groups excluding carboxylic acids is 1. The molecule has 2 aromatic rings. The Balaban J connectivity index is 1.17. The third-order valence-corrected chi connectivity index (χ3v) is 9.51. The van der Waals surface area contributed by atoms with E-state index in [0.717, 1.165) is 58.4 Å². The molecule has 2 aromatic heterocycles. The molecule has 3 atom stereocenters. The van der Waals surface area contributed by atoms with Gasteiger partial charge in [-0.05, 0) is 59.4 Å². The van der Waals surface area contributed by atoms with Gasteiger partial charge in [0.1, 0.15) is 23.5 Å². The lowest BCUT2D eigenvalue weighted by Crippen LogP contribution is -2.57. The number of anilines is 1. The average molecular weight is 575 g/mol. The Labute approximate surface area is 238 Å². The summed E-state index contributed by atoms with van der Waals surface area (Å²) in [5.74, 6) is -0.130. The second kappa shape index (κ2) is 9.25. The van der Waals surface area contributed by atoms with E-state index in [-0.39, 0.29) is 45.8 Å². The Morgan fingerprint density at radius 2 is 1.98 bits per heavy atom. The molecule has 5 fully saturated rings. The lowest BCUT2D eigenvalue weighted by Gasteiger charge is -2.42. The molecule has 0 aromatic carbocycles. The molecule has 2 bridgehead atoms. The number of amides is 1. The highest BCUT2D eigenvalue weighted by atomic mass is 35.5. The first kappa shape index (κ1) is 26.4. The number of aromatic nitrogens is 3. The van der Waals surface area contributed by atoms with Gasteiger partial charge < -0.3 is 19.1 Å². The summed E-state index contributed by atoms with van der Waals surface area (Å²) in [7, 11) is 0. The fourth-order valence-electron chi connectivity index (χ4n) is 7.59. The predicted octanol–water partition coefficient (Wildman–Crippen LogP) is 4.04. The summed E-state index contributed by atoms with van der Waals surface area (Å²) in [6, 6.07) is 0.0782. The van der Waals surface area contributed by atoms with Gasteiger partial charge >= 0.3 is 12.1 Å². The molecule has 5 aliphatic heterocycles. The number of hydrogen-bond donors (Lipinski definition) is 0. The second-order valence-electron chi connectivity index (χ2n) is 13.3. The van der Waals surface area contributed by atoms with E-state index in [1.807, 2.05) is 25.7 Å².